The molecular weight excluding hydrogens is 416 g/mol. The van der Waals surface area contributed by atoms with Crippen molar-refractivity contribution in [1.29, 1.82) is 0 Å². The Hall–Kier alpha value is -2.30. The van der Waals surface area contributed by atoms with E-state index in [1.54, 1.807) is 19.9 Å². The summed E-state index contributed by atoms with van der Waals surface area (Å²) < 4.78 is 66.0. The Morgan fingerprint density at radius 2 is 1.41 bits per heavy atom. The summed E-state index contributed by atoms with van der Waals surface area (Å²) in [6, 6.07) is 8.20. The van der Waals surface area contributed by atoms with E-state index in [-0.39, 0.29) is 27.3 Å². The first-order valence-electron chi connectivity index (χ1n) is 8.94. The number of ether oxygens (including phenoxy) is 2. The molecule has 0 radical (unpaired) electrons. The Balaban J connectivity index is 2.48. The SMILES string of the molecule is CCc1cc(S(=O)(=O)Nc2cc(S(=O)(=O)NC(C)C)ccc2OC)ccc1OC. The van der Waals surface area contributed by atoms with E-state index in [1.165, 1.54) is 44.6 Å². The van der Waals surface area contributed by atoms with Crippen LogP contribution in [-0.2, 0) is 26.5 Å². The molecule has 0 heterocycles. The molecule has 0 aromatic heterocycles. The number of rotatable bonds is 9. The molecule has 0 aliphatic heterocycles. The lowest BCUT2D eigenvalue weighted by Crippen LogP contribution is -2.30. The molecule has 0 aliphatic rings. The summed E-state index contributed by atoms with van der Waals surface area (Å²) in [5.74, 6) is 0.790. The minimum absolute atomic E-state index is 0.0213. The predicted molar refractivity (Wildman–Crippen MR) is 112 cm³/mol. The zero-order valence-corrected chi connectivity index (χ0v) is 18.6. The first kappa shape index (κ1) is 23.0. The summed E-state index contributed by atoms with van der Waals surface area (Å²) >= 11 is 0. The highest BCUT2D eigenvalue weighted by atomic mass is 32.2. The molecule has 0 fully saturated rings. The number of aryl methyl sites for hydroxylation is 1. The number of benzene rings is 2. The topological polar surface area (TPSA) is 111 Å². The molecule has 2 rings (SSSR count). The first-order valence-corrected chi connectivity index (χ1v) is 11.9. The molecule has 2 N–H and O–H groups in total. The van der Waals surface area contributed by atoms with Gasteiger partial charge in [0.15, 0.2) is 0 Å². The molecule has 0 bridgehead atoms. The Labute approximate surface area is 172 Å². The van der Waals surface area contributed by atoms with Gasteiger partial charge >= 0.3 is 0 Å². The maximum absolute atomic E-state index is 12.9. The molecule has 29 heavy (non-hydrogen) atoms. The van der Waals surface area contributed by atoms with Gasteiger partial charge in [0.1, 0.15) is 11.5 Å². The largest absolute Gasteiger partial charge is 0.496 e. The number of anilines is 1. The van der Waals surface area contributed by atoms with E-state index < -0.39 is 20.0 Å². The summed E-state index contributed by atoms with van der Waals surface area (Å²) in [4.78, 5) is -0.0422. The van der Waals surface area contributed by atoms with Gasteiger partial charge in [-0.1, -0.05) is 6.92 Å². The van der Waals surface area contributed by atoms with E-state index in [0.29, 0.717) is 12.2 Å². The highest BCUT2D eigenvalue weighted by Gasteiger charge is 2.22. The van der Waals surface area contributed by atoms with Crippen molar-refractivity contribution in [3.8, 4) is 11.5 Å². The third-order valence-corrected chi connectivity index (χ3v) is 7.08. The fourth-order valence-electron chi connectivity index (χ4n) is 2.71. The van der Waals surface area contributed by atoms with E-state index in [1.807, 2.05) is 6.92 Å². The van der Waals surface area contributed by atoms with Crippen LogP contribution in [0.1, 0.15) is 26.3 Å². The normalized spacial score (nSPS) is 12.1. The number of nitrogens with one attached hydrogen (secondary N) is 2. The van der Waals surface area contributed by atoms with E-state index in [0.717, 1.165) is 5.56 Å². The van der Waals surface area contributed by atoms with Crippen molar-refractivity contribution >= 4 is 25.7 Å². The predicted octanol–water partition coefficient (Wildman–Crippen LogP) is 2.75. The maximum Gasteiger partial charge on any atom is 0.262 e. The van der Waals surface area contributed by atoms with Crippen molar-refractivity contribution in [2.75, 3.05) is 18.9 Å². The standard InChI is InChI=1S/C19H26N2O6S2/c1-6-14-11-15(7-9-18(14)26-4)29(24,25)21-17-12-16(8-10-19(17)27-5)28(22,23)20-13(2)3/h7-13,20-21H,6H2,1-5H3. The first-order chi connectivity index (χ1) is 13.5. The van der Waals surface area contributed by atoms with Gasteiger partial charge in [-0.25, -0.2) is 21.6 Å². The van der Waals surface area contributed by atoms with Crippen LogP contribution in [0.3, 0.4) is 0 Å². The molecule has 0 spiro atoms. The number of hydrogen-bond acceptors (Lipinski definition) is 6. The Morgan fingerprint density at radius 1 is 0.862 bits per heavy atom. The molecule has 0 amide bonds. The third kappa shape index (κ3) is 5.40. The Kier molecular flexibility index (Phi) is 7.15. The molecule has 0 aliphatic carbocycles. The van der Waals surface area contributed by atoms with Crippen LogP contribution < -0.4 is 18.9 Å². The van der Waals surface area contributed by atoms with Crippen LogP contribution in [0.25, 0.3) is 0 Å². The van der Waals surface area contributed by atoms with Gasteiger partial charge in [0.2, 0.25) is 10.0 Å². The van der Waals surface area contributed by atoms with E-state index in [4.69, 9.17) is 9.47 Å². The lowest BCUT2D eigenvalue weighted by Gasteiger charge is -2.16. The van der Waals surface area contributed by atoms with Crippen LogP contribution in [-0.4, -0.2) is 37.1 Å². The fraction of sp³-hybridized carbons (Fsp3) is 0.368. The number of hydrogen-bond donors (Lipinski definition) is 2. The van der Waals surface area contributed by atoms with Crippen LogP contribution in [0.2, 0.25) is 0 Å². The molecular formula is C19H26N2O6S2. The van der Waals surface area contributed by atoms with Crippen molar-refractivity contribution in [2.45, 2.75) is 43.0 Å². The molecule has 0 saturated heterocycles. The minimum Gasteiger partial charge on any atom is -0.496 e. The second kappa shape index (κ2) is 9.02. The van der Waals surface area contributed by atoms with Crippen molar-refractivity contribution in [1.82, 2.24) is 4.72 Å². The van der Waals surface area contributed by atoms with Crippen molar-refractivity contribution in [3.63, 3.8) is 0 Å². The molecule has 10 heteroatoms. The third-order valence-electron chi connectivity index (χ3n) is 4.06. The number of methoxy groups -OCH3 is 2. The monoisotopic (exact) mass is 442 g/mol. The summed E-state index contributed by atoms with van der Waals surface area (Å²) in [7, 11) is -4.91. The fourth-order valence-corrected chi connectivity index (χ4v) is 5.10. The summed E-state index contributed by atoms with van der Waals surface area (Å²) in [5.41, 5.74) is 0.757. The number of sulfonamides is 2. The quantitative estimate of drug-likeness (QED) is 0.618. The average Bonchev–Trinajstić information content (AvgIpc) is 2.66. The van der Waals surface area contributed by atoms with E-state index in [2.05, 4.69) is 9.44 Å². The van der Waals surface area contributed by atoms with Gasteiger partial charge in [-0.05, 0) is 62.2 Å². The van der Waals surface area contributed by atoms with Crippen LogP contribution in [0.4, 0.5) is 5.69 Å². The summed E-state index contributed by atoms with van der Waals surface area (Å²) in [6.07, 6.45) is 0.588. The van der Waals surface area contributed by atoms with E-state index >= 15 is 0 Å². The van der Waals surface area contributed by atoms with Gasteiger partial charge in [-0.3, -0.25) is 4.72 Å². The van der Waals surface area contributed by atoms with Gasteiger partial charge in [-0.2, -0.15) is 0 Å². The summed E-state index contributed by atoms with van der Waals surface area (Å²) in [6.45, 7) is 5.28. The second-order valence-electron chi connectivity index (χ2n) is 6.57. The van der Waals surface area contributed by atoms with E-state index in [9.17, 15) is 16.8 Å². The summed E-state index contributed by atoms with van der Waals surface area (Å²) in [5, 5.41) is 0. The smallest absolute Gasteiger partial charge is 0.262 e. The minimum atomic E-state index is -3.99. The lowest BCUT2D eigenvalue weighted by molar-refractivity contribution is 0.409. The molecule has 160 valence electrons. The Morgan fingerprint density at radius 3 is 1.93 bits per heavy atom. The van der Waals surface area contributed by atoms with Crippen LogP contribution >= 0.6 is 0 Å². The highest BCUT2D eigenvalue weighted by Crippen LogP contribution is 2.31. The van der Waals surface area contributed by atoms with Crippen molar-refractivity contribution in [2.24, 2.45) is 0 Å². The molecule has 0 atom stereocenters. The molecule has 2 aromatic rings. The van der Waals surface area contributed by atoms with Gasteiger partial charge in [0.25, 0.3) is 10.0 Å². The van der Waals surface area contributed by atoms with Gasteiger partial charge in [-0.15, -0.1) is 0 Å². The molecule has 0 saturated carbocycles. The molecule has 8 nitrogen and oxygen atoms in total. The van der Waals surface area contributed by atoms with Gasteiger partial charge in [0, 0.05) is 6.04 Å². The van der Waals surface area contributed by atoms with Crippen molar-refractivity contribution < 1.29 is 26.3 Å². The zero-order chi connectivity index (χ0) is 21.8. The van der Waals surface area contributed by atoms with Crippen LogP contribution in [0.5, 0.6) is 11.5 Å². The maximum atomic E-state index is 12.9. The van der Waals surface area contributed by atoms with Gasteiger partial charge in [0.05, 0.1) is 29.7 Å². The zero-order valence-electron chi connectivity index (χ0n) is 17.0. The second-order valence-corrected chi connectivity index (χ2v) is 9.97. The van der Waals surface area contributed by atoms with Gasteiger partial charge < -0.3 is 9.47 Å². The Bertz CT molecular complexity index is 1080. The molecule has 0 unspecified atom stereocenters. The molecule has 2 aromatic carbocycles. The average molecular weight is 443 g/mol. The van der Waals surface area contributed by atoms with Crippen molar-refractivity contribution in [3.05, 3.63) is 42.0 Å². The highest BCUT2D eigenvalue weighted by molar-refractivity contribution is 7.92. The van der Waals surface area contributed by atoms with Crippen LogP contribution in [0, 0.1) is 0 Å². The van der Waals surface area contributed by atoms with Crippen LogP contribution in [0.15, 0.2) is 46.2 Å². The lowest BCUT2D eigenvalue weighted by atomic mass is 10.1.